The van der Waals surface area contributed by atoms with E-state index in [4.69, 9.17) is 0 Å². The average Bonchev–Trinajstić information content (AvgIpc) is 2.21. The second-order valence-electron chi connectivity index (χ2n) is 2.81. The van der Waals surface area contributed by atoms with E-state index >= 15 is 0 Å². The number of hydrogen-bond donors (Lipinski definition) is 1. The summed E-state index contributed by atoms with van der Waals surface area (Å²) in [6.07, 6.45) is 0. The minimum atomic E-state index is -3.28. The third kappa shape index (κ3) is 4.44. The Morgan fingerprint density at radius 1 is 1.13 bits per heavy atom. The van der Waals surface area contributed by atoms with Gasteiger partial charge >= 0.3 is 0 Å². The average molecular weight is 229 g/mol. The number of hydrogen-bond acceptors (Lipinski definition) is 2. The van der Waals surface area contributed by atoms with Gasteiger partial charge in [-0.15, -0.1) is 0 Å². The van der Waals surface area contributed by atoms with Crippen LogP contribution in [0.3, 0.4) is 0 Å². The maximum absolute atomic E-state index is 11.4. The molecule has 1 aromatic rings. The molecule has 0 atom stereocenters. The van der Waals surface area contributed by atoms with E-state index in [1.807, 2.05) is 20.8 Å². The first kappa shape index (κ1) is 14.1. The molecule has 0 heterocycles. The molecule has 86 valence electrons. The van der Waals surface area contributed by atoms with Crippen molar-refractivity contribution in [3.8, 4) is 0 Å². The quantitative estimate of drug-likeness (QED) is 0.864. The van der Waals surface area contributed by atoms with Gasteiger partial charge < -0.3 is 0 Å². The molecule has 0 aliphatic heterocycles. The summed E-state index contributed by atoms with van der Waals surface area (Å²) in [4.78, 5) is 0.319. The molecule has 0 amide bonds. The Bertz CT molecular complexity index is 368. The first-order chi connectivity index (χ1) is 7.06. The van der Waals surface area contributed by atoms with Gasteiger partial charge in [0.15, 0.2) is 0 Å². The van der Waals surface area contributed by atoms with Gasteiger partial charge in [0.05, 0.1) is 4.90 Å². The van der Waals surface area contributed by atoms with E-state index in [0.29, 0.717) is 11.4 Å². The van der Waals surface area contributed by atoms with Crippen molar-refractivity contribution in [2.24, 2.45) is 0 Å². The van der Waals surface area contributed by atoms with E-state index in [0.717, 1.165) is 5.56 Å². The molecule has 1 aromatic carbocycles. The van der Waals surface area contributed by atoms with E-state index in [-0.39, 0.29) is 0 Å². The van der Waals surface area contributed by atoms with Crippen LogP contribution in [-0.4, -0.2) is 15.0 Å². The SMILES string of the molecule is CC.CCNS(=O)(=O)c1ccc(C)cc1. The van der Waals surface area contributed by atoms with Crippen molar-refractivity contribution in [2.75, 3.05) is 6.54 Å². The van der Waals surface area contributed by atoms with Crippen molar-refractivity contribution in [1.82, 2.24) is 4.72 Å². The number of nitrogens with one attached hydrogen (secondary N) is 1. The zero-order chi connectivity index (χ0) is 11.9. The van der Waals surface area contributed by atoms with Gasteiger partial charge in [0, 0.05) is 6.54 Å². The van der Waals surface area contributed by atoms with Crippen molar-refractivity contribution < 1.29 is 8.42 Å². The van der Waals surface area contributed by atoms with E-state index in [1.54, 1.807) is 31.2 Å². The Balaban J connectivity index is 0.000000921. The van der Waals surface area contributed by atoms with Crippen LogP contribution < -0.4 is 4.72 Å². The van der Waals surface area contributed by atoms with E-state index in [2.05, 4.69) is 4.72 Å². The van der Waals surface area contributed by atoms with Crippen LogP contribution in [-0.2, 0) is 10.0 Å². The largest absolute Gasteiger partial charge is 0.240 e. The summed E-state index contributed by atoms with van der Waals surface area (Å²) < 4.78 is 25.3. The Labute approximate surface area is 92.6 Å². The zero-order valence-electron chi connectivity index (χ0n) is 9.74. The fourth-order valence-electron chi connectivity index (χ4n) is 0.991. The van der Waals surface area contributed by atoms with Crippen molar-refractivity contribution in [1.29, 1.82) is 0 Å². The molecule has 0 aliphatic rings. The number of rotatable bonds is 3. The predicted molar refractivity (Wildman–Crippen MR) is 63.4 cm³/mol. The van der Waals surface area contributed by atoms with Gasteiger partial charge in [-0.2, -0.15) is 0 Å². The van der Waals surface area contributed by atoms with Gasteiger partial charge in [-0.25, -0.2) is 13.1 Å². The molecule has 0 saturated carbocycles. The molecule has 0 radical (unpaired) electrons. The van der Waals surface area contributed by atoms with Crippen LogP contribution in [0.25, 0.3) is 0 Å². The summed E-state index contributed by atoms with van der Waals surface area (Å²) in [5, 5.41) is 0. The fourth-order valence-corrected chi connectivity index (χ4v) is 2.03. The molecule has 4 heteroatoms. The molecule has 1 N–H and O–H groups in total. The molecule has 1 rings (SSSR count). The molecule has 3 nitrogen and oxygen atoms in total. The van der Waals surface area contributed by atoms with Crippen LogP contribution in [0.1, 0.15) is 26.3 Å². The summed E-state index contributed by atoms with van der Waals surface area (Å²) in [7, 11) is -3.28. The van der Waals surface area contributed by atoms with Crippen LogP contribution in [0.5, 0.6) is 0 Å². The van der Waals surface area contributed by atoms with Crippen molar-refractivity contribution >= 4 is 10.0 Å². The smallest absolute Gasteiger partial charge is 0.211 e. The normalized spacial score (nSPS) is 10.4. The monoisotopic (exact) mass is 229 g/mol. The van der Waals surface area contributed by atoms with Crippen molar-refractivity contribution in [2.45, 2.75) is 32.6 Å². The molecule has 0 spiro atoms. The molecular weight excluding hydrogens is 210 g/mol. The van der Waals surface area contributed by atoms with E-state index < -0.39 is 10.0 Å². The van der Waals surface area contributed by atoms with E-state index in [1.165, 1.54) is 0 Å². The topological polar surface area (TPSA) is 46.2 Å². The zero-order valence-corrected chi connectivity index (χ0v) is 10.6. The highest BCUT2D eigenvalue weighted by molar-refractivity contribution is 7.89. The molecular formula is C11H19NO2S. The third-order valence-electron chi connectivity index (χ3n) is 1.67. The Kier molecular flexibility index (Phi) is 6.20. The minimum Gasteiger partial charge on any atom is -0.211 e. The first-order valence-electron chi connectivity index (χ1n) is 5.12. The van der Waals surface area contributed by atoms with Gasteiger partial charge in [0.2, 0.25) is 10.0 Å². The van der Waals surface area contributed by atoms with Crippen LogP contribution in [0.2, 0.25) is 0 Å². The van der Waals surface area contributed by atoms with Gasteiger partial charge in [0.25, 0.3) is 0 Å². The van der Waals surface area contributed by atoms with Crippen LogP contribution in [0.4, 0.5) is 0 Å². The number of benzene rings is 1. The van der Waals surface area contributed by atoms with Gasteiger partial charge in [-0.1, -0.05) is 38.5 Å². The van der Waals surface area contributed by atoms with Crippen molar-refractivity contribution in [3.05, 3.63) is 29.8 Å². The molecule has 0 fully saturated rings. The lowest BCUT2D eigenvalue weighted by molar-refractivity contribution is 0.584. The van der Waals surface area contributed by atoms with Crippen molar-refractivity contribution in [3.63, 3.8) is 0 Å². The highest BCUT2D eigenvalue weighted by Gasteiger charge is 2.10. The highest BCUT2D eigenvalue weighted by atomic mass is 32.2. The van der Waals surface area contributed by atoms with Gasteiger partial charge in [-0.05, 0) is 19.1 Å². The lowest BCUT2D eigenvalue weighted by Crippen LogP contribution is -2.22. The summed E-state index contributed by atoms with van der Waals surface area (Å²) >= 11 is 0. The summed E-state index contributed by atoms with van der Waals surface area (Å²) in [5.41, 5.74) is 1.05. The predicted octanol–water partition coefficient (Wildman–Crippen LogP) is 2.32. The summed E-state index contributed by atoms with van der Waals surface area (Å²) in [5.74, 6) is 0. The van der Waals surface area contributed by atoms with Crippen LogP contribution in [0, 0.1) is 6.92 Å². The second-order valence-corrected chi connectivity index (χ2v) is 4.58. The molecule has 0 aliphatic carbocycles. The maximum Gasteiger partial charge on any atom is 0.240 e. The number of sulfonamides is 1. The molecule has 0 unspecified atom stereocenters. The maximum atomic E-state index is 11.4. The Morgan fingerprint density at radius 2 is 1.60 bits per heavy atom. The first-order valence-corrected chi connectivity index (χ1v) is 6.61. The Morgan fingerprint density at radius 3 is 2.00 bits per heavy atom. The number of aryl methyl sites for hydroxylation is 1. The lowest BCUT2D eigenvalue weighted by Gasteiger charge is -2.03. The lowest BCUT2D eigenvalue weighted by atomic mass is 10.2. The van der Waals surface area contributed by atoms with Gasteiger partial charge in [0.1, 0.15) is 0 Å². The minimum absolute atomic E-state index is 0.319. The third-order valence-corrected chi connectivity index (χ3v) is 3.23. The van der Waals surface area contributed by atoms with Crippen LogP contribution >= 0.6 is 0 Å². The standard InChI is InChI=1S/C9H13NO2S.C2H6/c1-3-10-13(11,12)9-6-4-8(2)5-7-9;1-2/h4-7,10H,3H2,1-2H3;1-2H3. The molecule has 0 saturated heterocycles. The summed E-state index contributed by atoms with van der Waals surface area (Å²) in [6.45, 7) is 8.09. The molecule has 0 bridgehead atoms. The fraction of sp³-hybridized carbons (Fsp3) is 0.455. The second kappa shape index (κ2) is 6.58. The Hall–Kier alpha value is -0.870. The van der Waals surface area contributed by atoms with Crippen LogP contribution in [0.15, 0.2) is 29.2 Å². The summed E-state index contributed by atoms with van der Waals surface area (Å²) in [6, 6.07) is 6.77. The molecule has 0 aromatic heterocycles. The highest BCUT2D eigenvalue weighted by Crippen LogP contribution is 2.09. The molecule has 15 heavy (non-hydrogen) atoms. The van der Waals surface area contributed by atoms with E-state index in [9.17, 15) is 8.42 Å². The van der Waals surface area contributed by atoms with Gasteiger partial charge in [-0.3, -0.25) is 0 Å².